The average Bonchev–Trinajstić information content (AvgIpc) is 3.36. The molecule has 2 heterocycles. The lowest BCUT2D eigenvalue weighted by atomic mass is 9.78. The van der Waals surface area contributed by atoms with Gasteiger partial charge in [-0.2, -0.15) is 0 Å². The van der Waals surface area contributed by atoms with Crippen LogP contribution in [0.1, 0.15) is 43.8 Å². The molecule has 1 atom stereocenters. The van der Waals surface area contributed by atoms with Gasteiger partial charge in [-0.25, -0.2) is 0 Å². The molecule has 3 heteroatoms. The second-order valence-electron chi connectivity index (χ2n) is 7.28. The lowest BCUT2D eigenvalue weighted by molar-refractivity contribution is -0.133. The Morgan fingerprint density at radius 2 is 1.90 bits per heavy atom. The van der Waals surface area contributed by atoms with Gasteiger partial charge in [0, 0.05) is 19.2 Å². The molecule has 104 valence electrons. The van der Waals surface area contributed by atoms with E-state index in [9.17, 15) is 4.79 Å². The zero-order chi connectivity index (χ0) is 13.6. The van der Waals surface area contributed by atoms with Gasteiger partial charge in [-0.3, -0.25) is 14.7 Å². The van der Waals surface area contributed by atoms with Crippen molar-refractivity contribution in [3.05, 3.63) is 30.1 Å². The van der Waals surface area contributed by atoms with Crippen molar-refractivity contribution in [2.75, 3.05) is 13.6 Å². The number of fused-ring (bicyclic) bond motifs is 3. The summed E-state index contributed by atoms with van der Waals surface area (Å²) in [4.78, 5) is 20.0. The molecule has 1 saturated heterocycles. The predicted molar refractivity (Wildman–Crippen MR) is 75.0 cm³/mol. The number of carbonyl (C=O) groups is 1. The second-order valence-corrected chi connectivity index (χ2v) is 7.28. The van der Waals surface area contributed by atoms with Gasteiger partial charge in [0.1, 0.15) is 5.78 Å². The number of nitrogens with zero attached hydrogens (tertiary/aromatic N) is 2. The van der Waals surface area contributed by atoms with Gasteiger partial charge in [-0.15, -0.1) is 0 Å². The molecule has 3 saturated carbocycles. The number of carbonyl (C=O) groups excluding carboxylic acids is 1. The first kappa shape index (κ1) is 11.4. The number of piperidine rings is 1. The van der Waals surface area contributed by atoms with Gasteiger partial charge in [0.25, 0.3) is 0 Å². The van der Waals surface area contributed by atoms with Gasteiger partial charge in [0.2, 0.25) is 0 Å². The van der Waals surface area contributed by atoms with E-state index in [0.29, 0.717) is 16.6 Å². The summed E-state index contributed by atoms with van der Waals surface area (Å²) in [5.41, 5.74) is 1.77. The number of pyridine rings is 1. The minimum absolute atomic E-state index is 0.0820. The quantitative estimate of drug-likeness (QED) is 0.785. The van der Waals surface area contributed by atoms with Crippen LogP contribution < -0.4 is 0 Å². The zero-order valence-electron chi connectivity index (χ0n) is 11.9. The molecule has 0 N–H and O–H groups in total. The van der Waals surface area contributed by atoms with Crippen LogP contribution in [0.4, 0.5) is 0 Å². The Balaban J connectivity index is 1.70. The maximum absolute atomic E-state index is 13.0. The van der Waals surface area contributed by atoms with Crippen molar-refractivity contribution < 1.29 is 4.79 Å². The predicted octanol–water partition coefficient (Wildman–Crippen LogP) is 2.59. The van der Waals surface area contributed by atoms with Crippen LogP contribution in [0.15, 0.2) is 24.4 Å². The number of likely N-dealkylation sites (tertiary alicyclic amines) is 1. The molecule has 4 fully saturated rings. The van der Waals surface area contributed by atoms with Crippen LogP contribution >= 0.6 is 0 Å². The molecule has 1 aromatic heterocycles. The smallest absolute Gasteiger partial charge is 0.143 e. The lowest BCUT2D eigenvalue weighted by Crippen LogP contribution is -2.45. The Kier molecular flexibility index (Phi) is 1.81. The fraction of sp³-hybridized carbons (Fsp3) is 0.647. The summed E-state index contributed by atoms with van der Waals surface area (Å²) in [7, 11) is 2.18. The molecule has 20 heavy (non-hydrogen) atoms. The van der Waals surface area contributed by atoms with Gasteiger partial charge in [0.15, 0.2) is 0 Å². The van der Waals surface area contributed by atoms with Gasteiger partial charge in [-0.05, 0) is 55.7 Å². The van der Waals surface area contributed by atoms with Crippen LogP contribution in [0.2, 0.25) is 0 Å². The van der Waals surface area contributed by atoms with Crippen LogP contribution in [0.3, 0.4) is 0 Å². The Morgan fingerprint density at radius 3 is 2.45 bits per heavy atom. The molecule has 4 aliphatic rings. The Labute approximate surface area is 119 Å². The van der Waals surface area contributed by atoms with E-state index in [1.807, 2.05) is 12.3 Å². The van der Waals surface area contributed by atoms with E-state index in [-0.39, 0.29) is 11.5 Å². The average molecular weight is 268 g/mol. The van der Waals surface area contributed by atoms with E-state index in [1.165, 1.54) is 25.7 Å². The maximum atomic E-state index is 13.0. The number of Topliss-reactive ketones (excluding diaryl/α,β-unsaturated/α-hetero) is 1. The molecule has 5 rings (SSSR count). The summed E-state index contributed by atoms with van der Waals surface area (Å²) < 4.78 is 0. The number of rotatable bonds is 1. The van der Waals surface area contributed by atoms with Crippen LogP contribution in [0.5, 0.6) is 0 Å². The first-order valence-electron chi connectivity index (χ1n) is 7.84. The minimum atomic E-state index is -0.0820. The lowest BCUT2D eigenvalue weighted by Gasteiger charge is -2.40. The van der Waals surface area contributed by atoms with Gasteiger partial charge >= 0.3 is 0 Å². The van der Waals surface area contributed by atoms with Crippen molar-refractivity contribution >= 4 is 5.78 Å². The van der Waals surface area contributed by atoms with Crippen molar-refractivity contribution in [2.45, 2.75) is 38.1 Å². The van der Waals surface area contributed by atoms with Crippen LogP contribution in [-0.4, -0.2) is 29.3 Å². The molecule has 3 spiro atoms. The minimum Gasteiger partial charge on any atom is -0.299 e. The van der Waals surface area contributed by atoms with Crippen molar-refractivity contribution in [1.82, 2.24) is 9.88 Å². The standard InChI is InChI=1S/C17H20N2O/c1-19-11-5-13(20)17(14(19)12-4-2-3-10-18-12)15(6-7-15)16(17)8-9-16/h2-4,10,14H,5-9,11H2,1H3. The van der Waals surface area contributed by atoms with Crippen molar-refractivity contribution in [3.8, 4) is 0 Å². The SMILES string of the molecule is CN1CCC(=O)C2(C1c1ccccn1)C1(CC1)C21CC1. The molecular formula is C17H20N2O. The molecular weight excluding hydrogens is 248 g/mol. The third kappa shape index (κ3) is 0.937. The molecule has 0 amide bonds. The third-order valence-corrected chi connectivity index (χ3v) is 6.81. The molecule has 0 bridgehead atoms. The first-order valence-corrected chi connectivity index (χ1v) is 7.84. The number of ketones is 1. The van der Waals surface area contributed by atoms with Crippen LogP contribution in [0, 0.1) is 16.2 Å². The number of aromatic nitrogens is 1. The number of hydrogen-bond donors (Lipinski definition) is 0. The van der Waals surface area contributed by atoms with E-state index >= 15 is 0 Å². The highest BCUT2D eigenvalue weighted by Gasteiger charge is 2.99. The Hall–Kier alpha value is -1.22. The number of hydrogen-bond acceptors (Lipinski definition) is 3. The Bertz CT molecular complexity index is 583. The summed E-state index contributed by atoms with van der Waals surface area (Å²) in [6.07, 6.45) is 7.71. The molecule has 0 radical (unpaired) electrons. The summed E-state index contributed by atoms with van der Waals surface area (Å²) in [5, 5.41) is 0. The monoisotopic (exact) mass is 268 g/mol. The van der Waals surface area contributed by atoms with Gasteiger partial charge in [-0.1, -0.05) is 6.07 Å². The summed E-state index contributed by atoms with van der Waals surface area (Å²) >= 11 is 0. The summed E-state index contributed by atoms with van der Waals surface area (Å²) in [5.74, 6) is 0.543. The highest BCUT2D eigenvalue weighted by Crippen LogP contribution is 3.01. The molecule has 3 nitrogen and oxygen atoms in total. The van der Waals surface area contributed by atoms with Crippen molar-refractivity contribution in [2.24, 2.45) is 16.2 Å². The zero-order valence-corrected chi connectivity index (χ0v) is 11.9. The summed E-state index contributed by atoms with van der Waals surface area (Å²) in [6.45, 7) is 0.883. The highest BCUT2D eigenvalue weighted by molar-refractivity contribution is 5.95. The van der Waals surface area contributed by atoms with Crippen LogP contribution in [0.25, 0.3) is 0 Å². The maximum Gasteiger partial charge on any atom is 0.143 e. The van der Waals surface area contributed by atoms with E-state index < -0.39 is 0 Å². The van der Waals surface area contributed by atoms with Crippen LogP contribution in [-0.2, 0) is 4.79 Å². The molecule has 1 aromatic rings. The van der Waals surface area contributed by atoms with Gasteiger partial charge in [0.05, 0.1) is 17.2 Å². The normalized spacial score (nSPS) is 34.6. The van der Waals surface area contributed by atoms with E-state index in [2.05, 4.69) is 29.1 Å². The van der Waals surface area contributed by atoms with Crippen molar-refractivity contribution in [1.29, 1.82) is 0 Å². The van der Waals surface area contributed by atoms with Gasteiger partial charge < -0.3 is 0 Å². The largest absolute Gasteiger partial charge is 0.299 e. The first-order chi connectivity index (χ1) is 9.70. The Morgan fingerprint density at radius 1 is 1.20 bits per heavy atom. The van der Waals surface area contributed by atoms with Crippen molar-refractivity contribution in [3.63, 3.8) is 0 Å². The highest BCUT2D eigenvalue weighted by atomic mass is 16.1. The molecule has 0 aromatic carbocycles. The molecule has 3 aliphatic carbocycles. The van der Waals surface area contributed by atoms with E-state index in [4.69, 9.17) is 0 Å². The summed E-state index contributed by atoms with van der Waals surface area (Å²) in [6, 6.07) is 6.36. The third-order valence-electron chi connectivity index (χ3n) is 6.81. The topological polar surface area (TPSA) is 33.2 Å². The van der Waals surface area contributed by atoms with E-state index in [1.54, 1.807) is 0 Å². The molecule has 1 aliphatic heterocycles. The van der Waals surface area contributed by atoms with E-state index in [0.717, 1.165) is 18.7 Å². The fourth-order valence-corrected chi connectivity index (χ4v) is 6.00. The molecule has 1 unspecified atom stereocenters. The second kappa shape index (κ2) is 3.16. The fourth-order valence-electron chi connectivity index (χ4n) is 6.00.